The quantitative estimate of drug-likeness (QED) is 0.705. The Morgan fingerprint density at radius 1 is 1.14 bits per heavy atom. The first-order valence-electron chi connectivity index (χ1n) is 8.04. The number of benzene rings is 1. The summed E-state index contributed by atoms with van der Waals surface area (Å²) in [5.41, 5.74) is 1.26. The molecule has 1 aliphatic rings. The van der Waals surface area contributed by atoms with Gasteiger partial charge in [0.2, 0.25) is 5.91 Å². The highest BCUT2D eigenvalue weighted by molar-refractivity contribution is 5.97. The van der Waals surface area contributed by atoms with E-state index < -0.39 is 0 Å². The van der Waals surface area contributed by atoms with E-state index in [4.69, 9.17) is 0 Å². The van der Waals surface area contributed by atoms with Crippen molar-refractivity contribution in [3.05, 3.63) is 29.8 Å². The monoisotopic (exact) mass is 303 g/mol. The molecule has 5 heteroatoms. The lowest BCUT2D eigenvalue weighted by Crippen LogP contribution is -2.30. The standard InChI is InChI=1S/C17H25N3O2/c1-18-10-11-19-16(21)14-8-5-9-15(12-14)20-17(22)13-6-3-2-4-7-13/h5,8-9,12-13,18H,2-4,6-7,10-11H2,1H3,(H,19,21)(H,20,22). The average Bonchev–Trinajstić information content (AvgIpc) is 2.56. The molecule has 0 aromatic heterocycles. The van der Waals surface area contributed by atoms with Gasteiger partial charge in [-0.2, -0.15) is 0 Å². The van der Waals surface area contributed by atoms with E-state index in [9.17, 15) is 9.59 Å². The van der Waals surface area contributed by atoms with Gasteiger partial charge in [0.15, 0.2) is 0 Å². The van der Waals surface area contributed by atoms with Crippen molar-refractivity contribution >= 4 is 17.5 Å². The molecule has 22 heavy (non-hydrogen) atoms. The van der Waals surface area contributed by atoms with Crippen LogP contribution in [0.1, 0.15) is 42.5 Å². The van der Waals surface area contributed by atoms with E-state index in [0.717, 1.165) is 32.2 Å². The third-order valence-electron chi connectivity index (χ3n) is 4.03. The molecule has 5 nitrogen and oxygen atoms in total. The maximum Gasteiger partial charge on any atom is 0.251 e. The van der Waals surface area contributed by atoms with Crippen LogP contribution in [0.3, 0.4) is 0 Å². The molecule has 2 amide bonds. The van der Waals surface area contributed by atoms with Gasteiger partial charge < -0.3 is 16.0 Å². The van der Waals surface area contributed by atoms with Gasteiger partial charge in [-0.05, 0) is 38.1 Å². The number of nitrogens with one attached hydrogen (secondary N) is 3. The first-order chi connectivity index (χ1) is 10.7. The summed E-state index contributed by atoms with van der Waals surface area (Å²) in [6.07, 6.45) is 5.43. The molecule has 0 bridgehead atoms. The van der Waals surface area contributed by atoms with Crippen LogP contribution in [0.25, 0.3) is 0 Å². The Hall–Kier alpha value is -1.88. The molecule has 0 spiro atoms. The smallest absolute Gasteiger partial charge is 0.251 e. The van der Waals surface area contributed by atoms with Crippen LogP contribution in [-0.2, 0) is 4.79 Å². The second-order valence-electron chi connectivity index (χ2n) is 5.76. The molecular weight excluding hydrogens is 278 g/mol. The third kappa shape index (κ3) is 4.84. The Morgan fingerprint density at radius 3 is 2.64 bits per heavy atom. The predicted molar refractivity (Wildman–Crippen MR) is 87.9 cm³/mol. The largest absolute Gasteiger partial charge is 0.351 e. The van der Waals surface area contributed by atoms with Crippen LogP contribution < -0.4 is 16.0 Å². The second-order valence-corrected chi connectivity index (χ2v) is 5.76. The lowest BCUT2D eigenvalue weighted by molar-refractivity contribution is -0.120. The highest BCUT2D eigenvalue weighted by atomic mass is 16.2. The number of anilines is 1. The Labute approximate surface area is 131 Å². The zero-order valence-corrected chi connectivity index (χ0v) is 13.2. The normalized spacial score (nSPS) is 15.3. The van der Waals surface area contributed by atoms with Crippen LogP contribution in [0.15, 0.2) is 24.3 Å². The Balaban J connectivity index is 1.92. The fourth-order valence-corrected chi connectivity index (χ4v) is 2.75. The van der Waals surface area contributed by atoms with E-state index in [0.29, 0.717) is 17.8 Å². The molecule has 3 N–H and O–H groups in total. The Bertz CT molecular complexity index is 510. The van der Waals surface area contributed by atoms with Gasteiger partial charge in [-0.25, -0.2) is 0 Å². The van der Waals surface area contributed by atoms with Crippen molar-refractivity contribution in [3.63, 3.8) is 0 Å². The fourth-order valence-electron chi connectivity index (χ4n) is 2.75. The van der Waals surface area contributed by atoms with E-state index in [-0.39, 0.29) is 17.7 Å². The molecule has 1 aliphatic carbocycles. The summed E-state index contributed by atoms with van der Waals surface area (Å²) >= 11 is 0. The minimum absolute atomic E-state index is 0.0763. The van der Waals surface area contributed by atoms with Gasteiger partial charge in [0.1, 0.15) is 0 Å². The van der Waals surface area contributed by atoms with E-state index in [1.54, 1.807) is 18.2 Å². The highest BCUT2D eigenvalue weighted by Gasteiger charge is 2.21. The highest BCUT2D eigenvalue weighted by Crippen LogP contribution is 2.25. The predicted octanol–water partition coefficient (Wildman–Crippen LogP) is 2.15. The topological polar surface area (TPSA) is 70.2 Å². The molecule has 1 fully saturated rings. The molecule has 1 saturated carbocycles. The van der Waals surface area contributed by atoms with Crippen LogP contribution in [0.2, 0.25) is 0 Å². The van der Waals surface area contributed by atoms with Crippen molar-refractivity contribution in [3.8, 4) is 0 Å². The van der Waals surface area contributed by atoms with E-state index in [1.807, 2.05) is 13.1 Å². The van der Waals surface area contributed by atoms with E-state index >= 15 is 0 Å². The molecule has 120 valence electrons. The lowest BCUT2D eigenvalue weighted by Gasteiger charge is -2.20. The van der Waals surface area contributed by atoms with Gasteiger partial charge >= 0.3 is 0 Å². The number of carbonyl (C=O) groups is 2. The van der Waals surface area contributed by atoms with Crippen molar-refractivity contribution in [1.82, 2.24) is 10.6 Å². The Morgan fingerprint density at radius 2 is 1.91 bits per heavy atom. The van der Waals surface area contributed by atoms with E-state index in [2.05, 4.69) is 16.0 Å². The Kier molecular flexibility index (Phi) is 6.40. The van der Waals surface area contributed by atoms with Crippen molar-refractivity contribution in [1.29, 1.82) is 0 Å². The number of amides is 2. The van der Waals surface area contributed by atoms with Gasteiger partial charge in [0.25, 0.3) is 5.91 Å². The SMILES string of the molecule is CNCCNC(=O)c1cccc(NC(=O)C2CCCCC2)c1. The third-order valence-corrected chi connectivity index (χ3v) is 4.03. The lowest BCUT2D eigenvalue weighted by atomic mass is 9.88. The number of likely N-dealkylation sites (N-methyl/N-ethyl adjacent to an activating group) is 1. The number of hydrogen-bond donors (Lipinski definition) is 3. The summed E-state index contributed by atoms with van der Waals surface area (Å²) in [5.74, 6) is 0.0679. The van der Waals surface area contributed by atoms with Crippen molar-refractivity contribution < 1.29 is 9.59 Å². The summed E-state index contributed by atoms with van der Waals surface area (Å²) in [6, 6.07) is 7.11. The zero-order valence-electron chi connectivity index (χ0n) is 13.2. The second kappa shape index (κ2) is 8.54. The summed E-state index contributed by atoms with van der Waals surface area (Å²) < 4.78 is 0. The maximum absolute atomic E-state index is 12.2. The van der Waals surface area contributed by atoms with Crippen LogP contribution in [-0.4, -0.2) is 32.0 Å². The van der Waals surface area contributed by atoms with Crippen LogP contribution in [0, 0.1) is 5.92 Å². The van der Waals surface area contributed by atoms with Crippen LogP contribution >= 0.6 is 0 Å². The summed E-state index contributed by atoms with van der Waals surface area (Å²) in [4.78, 5) is 24.2. The summed E-state index contributed by atoms with van der Waals surface area (Å²) in [7, 11) is 1.84. The number of rotatable bonds is 6. The summed E-state index contributed by atoms with van der Waals surface area (Å²) in [6.45, 7) is 1.30. The molecule has 2 rings (SSSR count). The molecule has 0 radical (unpaired) electrons. The van der Waals surface area contributed by atoms with Crippen LogP contribution in [0.5, 0.6) is 0 Å². The molecular formula is C17H25N3O2. The molecule has 1 aromatic rings. The van der Waals surface area contributed by atoms with Gasteiger partial charge in [0, 0.05) is 30.3 Å². The van der Waals surface area contributed by atoms with E-state index in [1.165, 1.54) is 6.42 Å². The van der Waals surface area contributed by atoms with Gasteiger partial charge in [-0.15, -0.1) is 0 Å². The van der Waals surface area contributed by atoms with Gasteiger partial charge in [0.05, 0.1) is 0 Å². The molecule has 0 atom stereocenters. The molecule has 1 aromatic carbocycles. The summed E-state index contributed by atoms with van der Waals surface area (Å²) in [5, 5.41) is 8.75. The molecule has 0 heterocycles. The van der Waals surface area contributed by atoms with Gasteiger partial charge in [-0.1, -0.05) is 25.3 Å². The van der Waals surface area contributed by atoms with Crippen molar-refractivity contribution in [2.75, 3.05) is 25.5 Å². The maximum atomic E-state index is 12.2. The first-order valence-corrected chi connectivity index (χ1v) is 8.04. The zero-order chi connectivity index (χ0) is 15.8. The molecule has 0 aliphatic heterocycles. The number of hydrogen-bond acceptors (Lipinski definition) is 3. The van der Waals surface area contributed by atoms with Crippen molar-refractivity contribution in [2.45, 2.75) is 32.1 Å². The molecule has 0 unspecified atom stereocenters. The minimum atomic E-state index is -0.121. The fraction of sp³-hybridized carbons (Fsp3) is 0.529. The minimum Gasteiger partial charge on any atom is -0.351 e. The van der Waals surface area contributed by atoms with Crippen molar-refractivity contribution in [2.24, 2.45) is 5.92 Å². The van der Waals surface area contributed by atoms with Crippen LogP contribution in [0.4, 0.5) is 5.69 Å². The molecule has 0 saturated heterocycles. The average molecular weight is 303 g/mol. The first kappa shape index (κ1) is 16.5. The number of carbonyl (C=O) groups excluding carboxylic acids is 2. The van der Waals surface area contributed by atoms with Gasteiger partial charge in [-0.3, -0.25) is 9.59 Å².